The Morgan fingerprint density at radius 3 is 2.23 bits per heavy atom. The van der Waals surface area contributed by atoms with E-state index in [1.54, 1.807) is 42.5 Å². The highest BCUT2D eigenvalue weighted by Crippen LogP contribution is 2.27. The van der Waals surface area contributed by atoms with Crippen LogP contribution in [0.15, 0.2) is 42.5 Å². The van der Waals surface area contributed by atoms with Crippen LogP contribution < -0.4 is 5.32 Å². The van der Waals surface area contributed by atoms with Crippen LogP contribution in [0.2, 0.25) is 5.02 Å². The molecular formula is C23H23ClN2O5. The zero-order chi connectivity index (χ0) is 22.7. The van der Waals surface area contributed by atoms with E-state index in [-0.39, 0.29) is 23.5 Å². The molecule has 0 saturated heterocycles. The summed E-state index contributed by atoms with van der Waals surface area (Å²) in [6.45, 7) is 5.02. The topological polar surface area (TPSA) is 92.8 Å². The number of hydrogen-bond acceptors (Lipinski definition) is 5. The molecule has 0 bridgehead atoms. The first-order valence-corrected chi connectivity index (χ1v) is 10.3. The van der Waals surface area contributed by atoms with Crippen molar-refractivity contribution in [3.63, 3.8) is 0 Å². The van der Waals surface area contributed by atoms with Crippen LogP contribution in [0.5, 0.6) is 0 Å². The predicted molar refractivity (Wildman–Crippen MR) is 116 cm³/mol. The van der Waals surface area contributed by atoms with Gasteiger partial charge in [0.05, 0.1) is 11.1 Å². The van der Waals surface area contributed by atoms with Gasteiger partial charge in [0.1, 0.15) is 6.04 Å². The molecular weight excluding hydrogens is 420 g/mol. The zero-order valence-electron chi connectivity index (χ0n) is 17.5. The molecule has 0 radical (unpaired) electrons. The number of halogens is 1. The Labute approximate surface area is 185 Å². The molecule has 1 N–H and O–H groups in total. The molecule has 2 aromatic carbocycles. The van der Waals surface area contributed by atoms with Crippen LogP contribution in [0.3, 0.4) is 0 Å². The number of nitrogens with zero attached hydrogens (tertiary/aromatic N) is 1. The first-order chi connectivity index (χ1) is 14.7. The normalized spacial score (nSPS) is 13.9. The van der Waals surface area contributed by atoms with Gasteiger partial charge in [-0.2, -0.15) is 0 Å². The van der Waals surface area contributed by atoms with E-state index in [1.165, 1.54) is 0 Å². The second-order valence-corrected chi connectivity index (χ2v) is 8.20. The first kappa shape index (κ1) is 22.5. The van der Waals surface area contributed by atoms with E-state index in [9.17, 15) is 19.2 Å². The number of ether oxygens (including phenoxy) is 1. The lowest BCUT2D eigenvalue weighted by molar-refractivity contribution is -0.151. The highest BCUT2D eigenvalue weighted by atomic mass is 35.5. The number of imide groups is 1. The molecule has 1 aliphatic heterocycles. The average Bonchev–Trinajstić information content (AvgIpc) is 2.98. The average molecular weight is 443 g/mol. The molecule has 2 aromatic rings. The molecule has 3 amide bonds. The van der Waals surface area contributed by atoms with Crippen LogP contribution in [0, 0.1) is 12.8 Å². The lowest BCUT2D eigenvalue weighted by atomic mass is 10.0. The van der Waals surface area contributed by atoms with Crippen molar-refractivity contribution < 1.29 is 23.9 Å². The van der Waals surface area contributed by atoms with Crippen molar-refractivity contribution in [2.24, 2.45) is 5.92 Å². The fraction of sp³-hybridized carbons (Fsp3) is 0.304. The van der Waals surface area contributed by atoms with Crippen molar-refractivity contribution in [3.8, 4) is 0 Å². The maximum absolute atomic E-state index is 12.8. The molecule has 0 saturated carbocycles. The third kappa shape index (κ3) is 4.94. The summed E-state index contributed by atoms with van der Waals surface area (Å²) in [5.41, 5.74) is 1.84. The molecule has 0 spiro atoms. The molecule has 8 heteroatoms. The van der Waals surface area contributed by atoms with Gasteiger partial charge < -0.3 is 10.1 Å². The molecule has 1 heterocycles. The maximum Gasteiger partial charge on any atom is 0.329 e. The number of fused-ring (bicyclic) bond motifs is 1. The molecule has 1 unspecified atom stereocenters. The van der Waals surface area contributed by atoms with Gasteiger partial charge >= 0.3 is 5.97 Å². The smallest absolute Gasteiger partial charge is 0.329 e. The first-order valence-electron chi connectivity index (χ1n) is 9.88. The Morgan fingerprint density at radius 1 is 1.06 bits per heavy atom. The molecule has 7 nitrogen and oxygen atoms in total. The van der Waals surface area contributed by atoms with Gasteiger partial charge in [0, 0.05) is 10.7 Å². The van der Waals surface area contributed by atoms with Crippen LogP contribution in [0.1, 0.15) is 46.5 Å². The van der Waals surface area contributed by atoms with Gasteiger partial charge in [-0.05, 0) is 49.1 Å². The summed E-state index contributed by atoms with van der Waals surface area (Å²) in [6.07, 6.45) is 0.222. The third-order valence-electron chi connectivity index (χ3n) is 4.91. The number of carbonyl (C=O) groups is 4. The minimum Gasteiger partial charge on any atom is -0.454 e. The van der Waals surface area contributed by atoms with Gasteiger partial charge in [-0.25, -0.2) is 4.79 Å². The summed E-state index contributed by atoms with van der Waals surface area (Å²) in [5, 5.41) is 3.10. The standard InChI is InChI=1S/C23H23ClN2O5/c1-13(2)10-19(26-21(28)16-6-4-5-7-17(16)22(26)29)23(30)31-12-20(27)25-15-9-8-14(3)18(24)11-15/h4-9,11,13,19H,10,12H2,1-3H3,(H,25,27). The van der Waals surface area contributed by atoms with E-state index in [0.717, 1.165) is 10.5 Å². The van der Waals surface area contributed by atoms with E-state index in [2.05, 4.69) is 5.32 Å². The van der Waals surface area contributed by atoms with Crippen LogP contribution in [0.25, 0.3) is 0 Å². The second-order valence-electron chi connectivity index (χ2n) is 7.79. The molecule has 0 aliphatic carbocycles. The number of amides is 3. The summed E-state index contributed by atoms with van der Waals surface area (Å²) < 4.78 is 5.17. The Kier molecular flexibility index (Phi) is 6.75. The summed E-state index contributed by atoms with van der Waals surface area (Å²) in [4.78, 5) is 51.5. The van der Waals surface area contributed by atoms with Gasteiger partial charge in [0.2, 0.25) is 0 Å². The Morgan fingerprint density at radius 2 is 1.68 bits per heavy atom. The van der Waals surface area contributed by atoms with E-state index >= 15 is 0 Å². The number of hydrogen-bond donors (Lipinski definition) is 1. The molecule has 162 valence electrons. The number of benzene rings is 2. The minimum absolute atomic E-state index is 0.00499. The Bertz CT molecular complexity index is 1020. The number of carbonyl (C=O) groups excluding carboxylic acids is 4. The van der Waals surface area contributed by atoms with Gasteiger partial charge in [-0.15, -0.1) is 0 Å². The monoisotopic (exact) mass is 442 g/mol. The summed E-state index contributed by atoms with van der Waals surface area (Å²) in [6, 6.07) is 10.3. The Hall–Kier alpha value is -3.19. The zero-order valence-corrected chi connectivity index (χ0v) is 18.2. The lowest BCUT2D eigenvalue weighted by Gasteiger charge is -2.25. The van der Waals surface area contributed by atoms with Gasteiger partial charge in [-0.3, -0.25) is 19.3 Å². The molecule has 1 atom stereocenters. The lowest BCUT2D eigenvalue weighted by Crippen LogP contribution is -2.46. The number of anilines is 1. The molecule has 0 fully saturated rings. The van der Waals surface area contributed by atoms with Crippen LogP contribution in [0.4, 0.5) is 5.69 Å². The molecule has 1 aliphatic rings. The third-order valence-corrected chi connectivity index (χ3v) is 5.31. The molecule has 3 rings (SSSR count). The van der Waals surface area contributed by atoms with Gasteiger partial charge in [0.25, 0.3) is 17.7 Å². The quantitative estimate of drug-likeness (QED) is 0.519. The van der Waals surface area contributed by atoms with Crippen LogP contribution in [-0.2, 0) is 14.3 Å². The largest absolute Gasteiger partial charge is 0.454 e. The van der Waals surface area contributed by atoms with Crippen molar-refractivity contribution in [2.45, 2.75) is 33.2 Å². The Balaban J connectivity index is 1.69. The van der Waals surface area contributed by atoms with Crippen molar-refractivity contribution in [2.75, 3.05) is 11.9 Å². The van der Waals surface area contributed by atoms with Gasteiger partial charge in [0.15, 0.2) is 6.61 Å². The minimum atomic E-state index is -1.12. The van der Waals surface area contributed by atoms with E-state index in [0.29, 0.717) is 10.7 Å². The summed E-state index contributed by atoms with van der Waals surface area (Å²) >= 11 is 6.05. The van der Waals surface area contributed by atoms with E-state index in [4.69, 9.17) is 16.3 Å². The summed E-state index contributed by atoms with van der Waals surface area (Å²) in [5.74, 6) is -2.44. The molecule has 0 aromatic heterocycles. The fourth-order valence-corrected chi connectivity index (χ4v) is 3.53. The van der Waals surface area contributed by atoms with Gasteiger partial charge in [-0.1, -0.05) is 43.6 Å². The highest BCUT2D eigenvalue weighted by molar-refractivity contribution is 6.31. The maximum atomic E-state index is 12.8. The SMILES string of the molecule is Cc1ccc(NC(=O)COC(=O)C(CC(C)C)N2C(=O)c3ccccc3C2=O)cc1Cl. The van der Waals surface area contributed by atoms with Crippen LogP contribution in [-0.4, -0.2) is 41.2 Å². The number of esters is 1. The van der Waals surface area contributed by atoms with Crippen molar-refractivity contribution in [3.05, 3.63) is 64.2 Å². The van der Waals surface area contributed by atoms with E-state index < -0.39 is 36.3 Å². The highest BCUT2D eigenvalue weighted by Gasteiger charge is 2.43. The van der Waals surface area contributed by atoms with Crippen molar-refractivity contribution >= 4 is 41.0 Å². The van der Waals surface area contributed by atoms with E-state index in [1.807, 2.05) is 20.8 Å². The fourth-order valence-electron chi connectivity index (χ4n) is 3.35. The number of nitrogens with one attached hydrogen (secondary N) is 1. The van der Waals surface area contributed by atoms with Crippen LogP contribution >= 0.6 is 11.6 Å². The van der Waals surface area contributed by atoms with Crippen molar-refractivity contribution in [1.82, 2.24) is 4.90 Å². The second kappa shape index (κ2) is 9.31. The molecule has 31 heavy (non-hydrogen) atoms. The van der Waals surface area contributed by atoms with Crippen molar-refractivity contribution in [1.29, 1.82) is 0 Å². The summed E-state index contributed by atoms with van der Waals surface area (Å²) in [7, 11) is 0. The number of aryl methyl sites for hydroxylation is 1. The predicted octanol–water partition coefficient (Wildman–Crippen LogP) is 3.84. The number of rotatable bonds is 7.